The fraction of sp³-hybridized carbons (Fsp3) is 0.750. The second-order valence-corrected chi connectivity index (χ2v) is 5.47. The van der Waals surface area contributed by atoms with Gasteiger partial charge in [0.2, 0.25) is 0 Å². The maximum absolute atomic E-state index is 13.3. The summed E-state index contributed by atoms with van der Waals surface area (Å²) in [5, 5.41) is 8.29. The van der Waals surface area contributed by atoms with Crippen LogP contribution >= 0.6 is 0 Å². The van der Waals surface area contributed by atoms with E-state index in [2.05, 4.69) is 0 Å². The highest BCUT2D eigenvalue weighted by Gasteiger charge is 2.93. The Hall–Kier alpha value is -1.84. The smallest absolute Gasteiger partial charge is 0.460 e. The van der Waals surface area contributed by atoms with Crippen molar-refractivity contribution in [1.82, 2.24) is 0 Å². The summed E-state index contributed by atoms with van der Waals surface area (Å²) in [5.74, 6) is -49.0. The zero-order valence-corrected chi connectivity index (χ0v) is 13.3. The molecule has 17 heteroatoms. The van der Waals surface area contributed by atoms with Crippen molar-refractivity contribution < 1.29 is 75.8 Å². The van der Waals surface area contributed by atoms with Crippen molar-refractivity contribution in [3.63, 3.8) is 0 Å². The van der Waals surface area contributed by atoms with E-state index < -0.39 is 65.8 Å². The van der Waals surface area contributed by atoms with E-state index in [9.17, 15) is 70.7 Å². The molecule has 0 saturated heterocycles. The molecule has 0 bridgehead atoms. The normalized spacial score (nSPS) is 16.2. The highest BCUT2D eigenvalue weighted by molar-refractivity contribution is 5.85. The Morgan fingerprint density at radius 1 is 0.655 bits per heavy atom. The number of aliphatic carboxylic acids is 1. The van der Waals surface area contributed by atoms with Crippen molar-refractivity contribution in [1.29, 1.82) is 0 Å². The Kier molecular flexibility index (Phi) is 6.69. The molecule has 0 aliphatic carbocycles. The molecule has 0 atom stereocenters. The minimum atomic E-state index is -8.35. The topological polar surface area (TPSA) is 37.3 Å². The number of alkyl halides is 15. The molecule has 0 saturated carbocycles. The largest absolute Gasteiger partial charge is 0.478 e. The maximum Gasteiger partial charge on any atom is 0.460 e. The predicted molar refractivity (Wildman–Crippen MR) is 61.7 cm³/mol. The van der Waals surface area contributed by atoms with E-state index in [1.165, 1.54) is 0 Å². The highest BCUT2D eigenvalue weighted by Crippen LogP contribution is 2.62. The summed E-state index contributed by atoms with van der Waals surface area (Å²) in [4.78, 5) is 10.3. The molecule has 0 aliphatic heterocycles. The molecule has 0 amide bonds. The molecule has 0 radical (unpaired) electrons. The van der Waals surface area contributed by atoms with Gasteiger partial charge in [-0.15, -0.1) is 0 Å². The molecule has 0 unspecified atom stereocenters. The highest BCUT2D eigenvalue weighted by atomic mass is 19.4. The summed E-state index contributed by atoms with van der Waals surface area (Å²) in [6, 6.07) is 0. The zero-order valence-electron chi connectivity index (χ0n) is 13.3. The van der Waals surface area contributed by atoms with Gasteiger partial charge < -0.3 is 5.11 Å². The van der Waals surface area contributed by atoms with Gasteiger partial charge in [0.25, 0.3) is 0 Å². The summed E-state index contributed by atoms with van der Waals surface area (Å²) >= 11 is 0. The standard InChI is InChI=1S/C12H7F15O2/c1-4(5(28)29)2-3-6(13,14)7(15,16)8(17,18)9(19,20)10(21,22)11(23,24)12(25,26)27/h2H,3H2,1H3,(H,28,29). The maximum atomic E-state index is 13.3. The lowest BCUT2D eigenvalue weighted by molar-refractivity contribution is -0.452. The van der Waals surface area contributed by atoms with Gasteiger partial charge in [-0.25, -0.2) is 4.79 Å². The van der Waals surface area contributed by atoms with Crippen LogP contribution in [0.5, 0.6) is 0 Å². The van der Waals surface area contributed by atoms with Crippen molar-refractivity contribution in [3.8, 4) is 0 Å². The van der Waals surface area contributed by atoms with E-state index in [-0.39, 0.29) is 0 Å². The van der Waals surface area contributed by atoms with Gasteiger partial charge in [0.15, 0.2) is 0 Å². The molecular weight excluding hydrogens is 461 g/mol. The van der Waals surface area contributed by atoms with Crippen LogP contribution in [0.4, 0.5) is 65.9 Å². The van der Waals surface area contributed by atoms with Gasteiger partial charge in [0, 0.05) is 12.0 Å². The average molecular weight is 468 g/mol. The first-order valence-electron chi connectivity index (χ1n) is 6.56. The average Bonchev–Trinajstić information content (AvgIpc) is 2.50. The molecule has 0 heterocycles. The molecule has 0 aromatic carbocycles. The Balaban J connectivity index is 6.43. The van der Waals surface area contributed by atoms with Crippen molar-refractivity contribution in [3.05, 3.63) is 11.6 Å². The van der Waals surface area contributed by atoms with E-state index in [0.29, 0.717) is 6.92 Å². The van der Waals surface area contributed by atoms with E-state index >= 15 is 0 Å². The second-order valence-electron chi connectivity index (χ2n) is 5.47. The van der Waals surface area contributed by atoms with Crippen LogP contribution in [0.2, 0.25) is 0 Å². The molecule has 0 aromatic rings. The van der Waals surface area contributed by atoms with Crippen LogP contribution in [0.1, 0.15) is 13.3 Å². The Labute approximate surface area is 150 Å². The van der Waals surface area contributed by atoms with Crippen molar-refractivity contribution in [2.75, 3.05) is 0 Å². The molecule has 0 aromatic heterocycles. The molecule has 172 valence electrons. The van der Waals surface area contributed by atoms with Crippen LogP contribution in [-0.2, 0) is 4.79 Å². The number of hydrogen-bond donors (Lipinski definition) is 1. The number of carbonyl (C=O) groups is 1. The molecule has 0 aliphatic rings. The van der Waals surface area contributed by atoms with Gasteiger partial charge in [0.1, 0.15) is 0 Å². The third-order valence-electron chi connectivity index (χ3n) is 3.39. The lowest BCUT2D eigenvalue weighted by Gasteiger charge is -2.41. The van der Waals surface area contributed by atoms with E-state index in [0.717, 1.165) is 0 Å². The molecular formula is C12H7F15O2. The predicted octanol–water partition coefficient (Wildman–Crippen LogP) is 5.78. The first kappa shape index (κ1) is 27.2. The van der Waals surface area contributed by atoms with E-state index in [1.54, 1.807) is 0 Å². The molecule has 29 heavy (non-hydrogen) atoms. The van der Waals surface area contributed by atoms with E-state index in [4.69, 9.17) is 5.11 Å². The summed E-state index contributed by atoms with van der Waals surface area (Å²) in [6.07, 6.45) is -10.9. The Morgan fingerprint density at radius 2 is 0.966 bits per heavy atom. The SMILES string of the molecule is CC(=CCC(F)(F)C(F)(F)C(F)(F)C(F)(F)C(F)(F)C(F)(F)C(F)(F)F)C(=O)O. The molecule has 0 fully saturated rings. The zero-order chi connectivity index (χ0) is 24.1. The number of carboxylic acids is 1. The summed E-state index contributed by atoms with van der Waals surface area (Å²) < 4.78 is 193. The van der Waals surface area contributed by atoms with Crippen LogP contribution in [0.3, 0.4) is 0 Å². The number of rotatable bonds is 8. The van der Waals surface area contributed by atoms with Crippen molar-refractivity contribution in [2.45, 2.75) is 55.1 Å². The van der Waals surface area contributed by atoms with Gasteiger partial charge in [0.05, 0.1) is 0 Å². The summed E-state index contributed by atoms with van der Waals surface area (Å²) in [7, 11) is 0. The Bertz CT molecular complexity index is 659. The summed E-state index contributed by atoms with van der Waals surface area (Å²) in [5.41, 5.74) is -1.23. The van der Waals surface area contributed by atoms with Crippen LogP contribution in [0.25, 0.3) is 0 Å². The quantitative estimate of drug-likeness (QED) is 0.362. The van der Waals surface area contributed by atoms with Gasteiger partial charge in [-0.1, -0.05) is 6.08 Å². The lowest BCUT2D eigenvalue weighted by atomic mass is 9.90. The van der Waals surface area contributed by atoms with Crippen LogP contribution in [0, 0.1) is 0 Å². The van der Waals surface area contributed by atoms with Gasteiger partial charge in [-0.2, -0.15) is 65.9 Å². The van der Waals surface area contributed by atoms with E-state index in [1.807, 2.05) is 0 Å². The number of allylic oxidation sites excluding steroid dienone is 1. The Morgan fingerprint density at radius 3 is 1.28 bits per heavy atom. The third-order valence-corrected chi connectivity index (χ3v) is 3.39. The molecule has 0 rings (SSSR count). The monoisotopic (exact) mass is 468 g/mol. The number of carboxylic acid groups (broad SMARTS) is 1. The number of hydrogen-bond acceptors (Lipinski definition) is 1. The molecule has 0 spiro atoms. The first-order chi connectivity index (χ1) is 12.3. The summed E-state index contributed by atoms with van der Waals surface area (Å²) in [6.45, 7) is 0.432. The number of halogens is 15. The van der Waals surface area contributed by atoms with Gasteiger partial charge >= 0.3 is 47.7 Å². The van der Waals surface area contributed by atoms with Gasteiger partial charge in [-0.3, -0.25) is 0 Å². The van der Waals surface area contributed by atoms with Crippen LogP contribution in [0.15, 0.2) is 11.6 Å². The van der Waals surface area contributed by atoms with Crippen molar-refractivity contribution in [2.24, 2.45) is 0 Å². The lowest BCUT2D eigenvalue weighted by Crippen LogP contribution is -2.72. The third kappa shape index (κ3) is 3.95. The fourth-order valence-corrected chi connectivity index (χ4v) is 1.50. The minimum absolute atomic E-state index is 0.424. The van der Waals surface area contributed by atoms with Crippen molar-refractivity contribution >= 4 is 5.97 Å². The molecule has 2 nitrogen and oxygen atoms in total. The van der Waals surface area contributed by atoms with Crippen LogP contribution in [-0.4, -0.2) is 52.8 Å². The fourth-order valence-electron chi connectivity index (χ4n) is 1.50. The second kappa shape index (κ2) is 7.14. The minimum Gasteiger partial charge on any atom is -0.478 e. The molecule has 1 N–H and O–H groups in total. The first-order valence-corrected chi connectivity index (χ1v) is 6.56. The van der Waals surface area contributed by atoms with Crippen LogP contribution < -0.4 is 0 Å². The van der Waals surface area contributed by atoms with Gasteiger partial charge in [-0.05, 0) is 6.92 Å².